The number of aryl methyl sites for hydroxylation is 1. The summed E-state index contributed by atoms with van der Waals surface area (Å²) in [6.45, 7) is 0. The van der Waals surface area contributed by atoms with Crippen LogP contribution in [0.4, 0.5) is 0 Å². The predicted octanol–water partition coefficient (Wildman–Crippen LogP) is -0.136. The van der Waals surface area contributed by atoms with Crippen LogP contribution in [-0.2, 0) is 7.05 Å². The van der Waals surface area contributed by atoms with Crippen LogP contribution in [0, 0.1) is 5.41 Å². The van der Waals surface area contributed by atoms with Crippen LogP contribution in [-0.4, -0.2) is 10.5 Å². The van der Waals surface area contributed by atoms with Gasteiger partial charge in [-0.2, -0.15) is 0 Å². The highest BCUT2D eigenvalue weighted by atomic mass is 14.9. The highest BCUT2D eigenvalue weighted by molar-refractivity contribution is 5.71. The van der Waals surface area contributed by atoms with Crippen molar-refractivity contribution in [2.75, 3.05) is 0 Å². The van der Waals surface area contributed by atoms with E-state index in [0.717, 1.165) is 0 Å². The third-order valence-corrected chi connectivity index (χ3v) is 0.754. The van der Waals surface area contributed by atoms with Gasteiger partial charge in [0.1, 0.15) is 0 Å². The second-order valence-electron chi connectivity index (χ2n) is 1.80. The molecule has 0 spiro atoms. The summed E-state index contributed by atoms with van der Waals surface area (Å²) in [6.07, 6.45) is 4.00. The van der Waals surface area contributed by atoms with Crippen molar-refractivity contribution < 1.29 is 0 Å². The highest BCUT2D eigenvalue weighted by Gasteiger charge is 1.68. The fraction of sp³-hybridized carbons (Fsp3) is 0.167. The molecule has 1 heterocycles. The van der Waals surface area contributed by atoms with Gasteiger partial charge in [0, 0.05) is 19.4 Å². The summed E-state index contributed by atoms with van der Waals surface area (Å²) in [6, 6.07) is 4.00. The molecule has 10 heavy (non-hydrogen) atoms. The van der Waals surface area contributed by atoms with Gasteiger partial charge in [0.15, 0.2) is 5.96 Å². The molecule has 1 aromatic rings. The second-order valence-corrected chi connectivity index (χ2v) is 1.80. The van der Waals surface area contributed by atoms with Crippen LogP contribution >= 0.6 is 0 Å². The topological polar surface area (TPSA) is 80.8 Å². The van der Waals surface area contributed by atoms with Crippen LogP contribution in [0.25, 0.3) is 0 Å². The van der Waals surface area contributed by atoms with Crippen LogP contribution in [0.3, 0.4) is 0 Å². The maximum Gasteiger partial charge on any atom is 0.183 e. The molecule has 0 fully saturated rings. The number of guanidine groups is 1. The van der Waals surface area contributed by atoms with Crippen LogP contribution in [0.2, 0.25) is 0 Å². The zero-order valence-electron chi connectivity index (χ0n) is 5.91. The van der Waals surface area contributed by atoms with Crippen molar-refractivity contribution in [3.63, 3.8) is 0 Å². The molecule has 0 saturated carbocycles. The Balaban J connectivity index is 0.000000180. The van der Waals surface area contributed by atoms with E-state index in [-0.39, 0.29) is 5.96 Å². The average molecular weight is 140 g/mol. The number of nitrogens with zero attached hydrogens (tertiary/aromatic N) is 1. The molecule has 4 nitrogen and oxygen atoms in total. The Morgan fingerprint density at radius 2 is 1.60 bits per heavy atom. The van der Waals surface area contributed by atoms with Crippen LogP contribution in [0.5, 0.6) is 0 Å². The minimum Gasteiger partial charge on any atom is -0.370 e. The van der Waals surface area contributed by atoms with Gasteiger partial charge in [-0.05, 0) is 12.1 Å². The number of rotatable bonds is 0. The first-order valence-corrected chi connectivity index (χ1v) is 2.79. The fourth-order valence-electron chi connectivity index (χ4n) is 0.421. The van der Waals surface area contributed by atoms with Gasteiger partial charge in [0.25, 0.3) is 0 Å². The molecule has 5 N–H and O–H groups in total. The zero-order valence-corrected chi connectivity index (χ0v) is 5.91. The second kappa shape index (κ2) is 4.43. The first kappa shape index (κ1) is 8.55. The summed E-state index contributed by atoms with van der Waals surface area (Å²) < 4.78 is 2.00. The molecule has 56 valence electrons. The quantitative estimate of drug-likeness (QED) is 0.346. The number of nitrogens with two attached hydrogens (primary N) is 2. The molecule has 0 aliphatic heterocycles. The fourth-order valence-corrected chi connectivity index (χ4v) is 0.421. The van der Waals surface area contributed by atoms with E-state index in [1.807, 2.05) is 36.1 Å². The lowest BCUT2D eigenvalue weighted by Crippen LogP contribution is -2.20. The van der Waals surface area contributed by atoms with Crippen molar-refractivity contribution in [2.45, 2.75) is 0 Å². The Hall–Kier alpha value is -1.45. The molecule has 0 aliphatic carbocycles. The van der Waals surface area contributed by atoms with E-state index in [4.69, 9.17) is 5.41 Å². The van der Waals surface area contributed by atoms with Crippen LogP contribution in [0.15, 0.2) is 24.5 Å². The molecular formula is C6H12N4. The van der Waals surface area contributed by atoms with Gasteiger partial charge in [-0.1, -0.05) is 0 Å². The van der Waals surface area contributed by atoms with Gasteiger partial charge in [-0.3, -0.25) is 5.41 Å². The summed E-state index contributed by atoms with van der Waals surface area (Å²) in [5, 5.41) is 6.06. The van der Waals surface area contributed by atoms with E-state index >= 15 is 0 Å². The molecule has 4 heteroatoms. The van der Waals surface area contributed by atoms with Crippen molar-refractivity contribution in [1.82, 2.24) is 4.57 Å². The highest BCUT2D eigenvalue weighted by Crippen LogP contribution is 1.80. The largest absolute Gasteiger partial charge is 0.370 e. The third kappa shape index (κ3) is 6.55. The molecule has 0 amide bonds. The number of aromatic nitrogens is 1. The minimum atomic E-state index is -0.333. The first-order valence-electron chi connectivity index (χ1n) is 2.79. The monoisotopic (exact) mass is 140 g/mol. The number of nitrogens with one attached hydrogen (secondary N) is 1. The van der Waals surface area contributed by atoms with E-state index in [0.29, 0.717) is 0 Å². The van der Waals surface area contributed by atoms with Gasteiger partial charge in [-0.25, -0.2) is 0 Å². The molecule has 0 aliphatic rings. The SMILES string of the molecule is Cn1cccc1.N=C(N)N. The predicted molar refractivity (Wildman–Crippen MR) is 41.5 cm³/mol. The van der Waals surface area contributed by atoms with Gasteiger partial charge in [0.05, 0.1) is 0 Å². The summed E-state index contributed by atoms with van der Waals surface area (Å²) in [7, 11) is 2.00. The Kier molecular flexibility index (Phi) is 3.79. The molecule has 1 rings (SSSR count). The van der Waals surface area contributed by atoms with Crippen molar-refractivity contribution >= 4 is 5.96 Å². The van der Waals surface area contributed by atoms with E-state index in [2.05, 4.69) is 11.5 Å². The summed E-state index contributed by atoms with van der Waals surface area (Å²) >= 11 is 0. The Bertz CT molecular complexity index is 174. The van der Waals surface area contributed by atoms with Crippen molar-refractivity contribution in [1.29, 1.82) is 5.41 Å². The zero-order chi connectivity index (χ0) is 7.98. The Morgan fingerprint density at radius 1 is 1.30 bits per heavy atom. The molecule has 1 aromatic heterocycles. The lowest BCUT2D eigenvalue weighted by atomic mass is 10.7. The van der Waals surface area contributed by atoms with Crippen molar-refractivity contribution in [3.8, 4) is 0 Å². The Morgan fingerprint density at radius 3 is 1.70 bits per heavy atom. The Labute approximate surface area is 60.0 Å². The third-order valence-electron chi connectivity index (χ3n) is 0.754. The lowest BCUT2D eigenvalue weighted by molar-refractivity contribution is 0.928. The van der Waals surface area contributed by atoms with Crippen molar-refractivity contribution in [2.24, 2.45) is 18.5 Å². The lowest BCUT2D eigenvalue weighted by Gasteiger charge is -1.79. The van der Waals surface area contributed by atoms with E-state index in [1.54, 1.807) is 0 Å². The molecule has 0 aromatic carbocycles. The van der Waals surface area contributed by atoms with E-state index in [9.17, 15) is 0 Å². The molecule has 0 radical (unpaired) electrons. The molecule has 0 saturated heterocycles. The van der Waals surface area contributed by atoms with Gasteiger partial charge in [0.2, 0.25) is 0 Å². The molecule has 0 atom stereocenters. The standard InChI is InChI=1S/C5H7N.CH5N3/c1-6-4-2-3-5-6;2-1(3)4/h2-5H,1H3;(H5,2,3,4). The van der Waals surface area contributed by atoms with Gasteiger partial charge in [-0.15, -0.1) is 0 Å². The summed E-state index contributed by atoms with van der Waals surface area (Å²) in [4.78, 5) is 0. The van der Waals surface area contributed by atoms with E-state index < -0.39 is 0 Å². The van der Waals surface area contributed by atoms with Crippen LogP contribution < -0.4 is 11.5 Å². The summed E-state index contributed by atoms with van der Waals surface area (Å²) in [5.74, 6) is -0.333. The number of hydrogen-bond donors (Lipinski definition) is 3. The molecule has 0 unspecified atom stereocenters. The minimum absolute atomic E-state index is 0.333. The normalized spacial score (nSPS) is 7.70. The summed E-state index contributed by atoms with van der Waals surface area (Å²) in [5.41, 5.74) is 8.94. The van der Waals surface area contributed by atoms with Gasteiger partial charge >= 0.3 is 0 Å². The maximum atomic E-state index is 6.06. The smallest absolute Gasteiger partial charge is 0.183 e. The van der Waals surface area contributed by atoms with Gasteiger partial charge < -0.3 is 16.0 Å². The number of hydrogen-bond acceptors (Lipinski definition) is 1. The first-order chi connectivity index (χ1) is 4.63. The van der Waals surface area contributed by atoms with Crippen LogP contribution in [0.1, 0.15) is 0 Å². The van der Waals surface area contributed by atoms with Crippen molar-refractivity contribution in [3.05, 3.63) is 24.5 Å². The molecule has 0 bridgehead atoms. The van der Waals surface area contributed by atoms with E-state index in [1.165, 1.54) is 0 Å². The maximum absolute atomic E-state index is 6.06. The molecular weight excluding hydrogens is 128 g/mol. The average Bonchev–Trinajstić information content (AvgIpc) is 2.15.